The van der Waals surface area contributed by atoms with Crippen LogP contribution in [0.3, 0.4) is 0 Å². The van der Waals surface area contributed by atoms with Crippen molar-refractivity contribution in [3.05, 3.63) is 65.5 Å². The molecule has 0 saturated heterocycles. The molecule has 5 heteroatoms. The number of nitrogens with zero attached hydrogens (tertiary/aromatic N) is 1. The monoisotopic (exact) mass is 248 g/mol. The number of amides is 1. The Kier molecular flexibility index (Phi) is 3.62. The fourth-order valence-corrected chi connectivity index (χ4v) is 1.41. The molecule has 1 aromatic heterocycles. The number of benzene rings is 1. The fraction of sp³-hybridized carbons (Fsp3) is 0.0769. The summed E-state index contributed by atoms with van der Waals surface area (Å²) in [5.41, 5.74) is 0.762. The van der Waals surface area contributed by atoms with Crippen molar-refractivity contribution in [2.45, 2.75) is 6.54 Å². The predicted molar refractivity (Wildman–Crippen MR) is 61.8 cm³/mol. The summed E-state index contributed by atoms with van der Waals surface area (Å²) in [5.74, 6) is -2.49. The molecule has 0 atom stereocenters. The lowest BCUT2D eigenvalue weighted by atomic mass is 10.2. The molecule has 2 rings (SSSR count). The lowest BCUT2D eigenvalue weighted by molar-refractivity contribution is 0.0950. The number of halogens is 2. The summed E-state index contributed by atoms with van der Waals surface area (Å²) in [6.45, 7) is 0.235. The molecule has 1 N–H and O–H groups in total. The van der Waals surface area contributed by atoms with Crippen LogP contribution in [0.4, 0.5) is 8.78 Å². The van der Waals surface area contributed by atoms with E-state index in [1.807, 2.05) is 0 Å². The molecule has 18 heavy (non-hydrogen) atoms. The van der Waals surface area contributed by atoms with Crippen molar-refractivity contribution in [3.63, 3.8) is 0 Å². The topological polar surface area (TPSA) is 42.0 Å². The minimum atomic E-state index is -1.04. The van der Waals surface area contributed by atoms with Gasteiger partial charge in [-0.25, -0.2) is 8.78 Å². The molecule has 0 aliphatic heterocycles. The number of hydrogen-bond donors (Lipinski definition) is 1. The Bertz CT molecular complexity index is 558. The average Bonchev–Trinajstić information content (AvgIpc) is 2.40. The summed E-state index contributed by atoms with van der Waals surface area (Å²) in [6.07, 6.45) is 1.61. The zero-order chi connectivity index (χ0) is 13.0. The quantitative estimate of drug-likeness (QED) is 0.905. The molecule has 0 spiro atoms. The number of nitrogens with one attached hydrogen (secondary N) is 1. The maximum atomic E-state index is 12.9. The Morgan fingerprint density at radius 2 is 2.00 bits per heavy atom. The summed E-state index contributed by atoms with van der Waals surface area (Å²) in [5, 5.41) is 2.57. The second-order valence-corrected chi connectivity index (χ2v) is 3.63. The van der Waals surface area contributed by atoms with Crippen molar-refractivity contribution < 1.29 is 13.6 Å². The molecule has 0 bridgehead atoms. The number of hydrogen-bond acceptors (Lipinski definition) is 2. The van der Waals surface area contributed by atoms with Gasteiger partial charge in [-0.2, -0.15) is 0 Å². The van der Waals surface area contributed by atoms with E-state index >= 15 is 0 Å². The minimum Gasteiger partial charge on any atom is -0.346 e. The van der Waals surface area contributed by atoms with Crippen LogP contribution in [0, 0.1) is 11.6 Å². The van der Waals surface area contributed by atoms with E-state index in [0.717, 1.165) is 12.1 Å². The second-order valence-electron chi connectivity index (χ2n) is 3.63. The third-order valence-corrected chi connectivity index (χ3v) is 2.34. The van der Waals surface area contributed by atoms with Crippen LogP contribution in [-0.2, 0) is 6.54 Å². The van der Waals surface area contributed by atoms with Crippen molar-refractivity contribution >= 4 is 5.91 Å². The minimum absolute atomic E-state index is 0.0739. The van der Waals surface area contributed by atoms with Crippen LogP contribution in [0.15, 0.2) is 42.6 Å². The van der Waals surface area contributed by atoms with Crippen LogP contribution in [0.25, 0.3) is 0 Å². The first-order valence-electron chi connectivity index (χ1n) is 5.30. The summed E-state index contributed by atoms with van der Waals surface area (Å²) in [6, 6.07) is 8.33. The third-order valence-electron chi connectivity index (χ3n) is 2.34. The molecule has 0 aliphatic carbocycles. The van der Waals surface area contributed by atoms with Gasteiger partial charge in [-0.05, 0) is 30.3 Å². The van der Waals surface area contributed by atoms with Crippen molar-refractivity contribution in [1.29, 1.82) is 0 Å². The van der Waals surface area contributed by atoms with E-state index in [4.69, 9.17) is 0 Å². The van der Waals surface area contributed by atoms with Crippen LogP contribution >= 0.6 is 0 Å². The Hall–Kier alpha value is -2.30. The first-order valence-corrected chi connectivity index (χ1v) is 5.30. The number of pyridine rings is 1. The van der Waals surface area contributed by atoms with E-state index in [1.165, 1.54) is 6.07 Å². The van der Waals surface area contributed by atoms with Gasteiger partial charge in [-0.1, -0.05) is 6.07 Å². The maximum absolute atomic E-state index is 12.9. The van der Waals surface area contributed by atoms with Gasteiger partial charge in [0.1, 0.15) is 0 Å². The normalized spacial score (nSPS) is 10.1. The van der Waals surface area contributed by atoms with Crippen molar-refractivity contribution in [2.75, 3.05) is 0 Å². The van der Waals surface area contributed by atoms with Crippen LogP contribution < -0.4 is 5.32 Å². The largest absolute Gasteiger partial charge is 0.346 e. The fourth-order valence-electron chi connectivity index (χ4n) is 1.41. The molecule has 0 saturated carbocycles. The standard InChI is InChI=1S/C13H10F2N2O/c14-11-5-4-9(7-12(11)15)13(18)17-8-10-3-1-2-6-16-10/h1-7H,8H2,(H,17,18). The predicted octanol–water partition coefficient (Wildman–Crippen LogP) is 2.29. The Morgan fingerprint density at radius 1 is 1.17 bits per heavy atom. The van der Waals surface area contributed by atoms with Crippen molar-refractivity contribution in [3.8, 4) is 0 Å². The molecule has 0 fully saturated rings. The third kappa shape index (κ3) is 2.88. The highest BCUT2D eigenvalue weighted by atomic mass is 19.2. The molecule has 1 heterocycles. The van der Waals surface area contributed by atoms with Gasteiger partial charge in [0.2, 0.25) is 0 Å². The summed E-state index contributed by atoms with van der Waals surface area (Å²) < 4.78 is 25.6. The highest BCUT2D eigenvalue weighted by molar-refractivity contribution is 5.94. The van der Waals surface area contributed by atoms with E-state index in [-0.39, 0.29) is 12.1 Å². The SMILES string of the molecule is O=C(NCc1ccccn1)c1ccc(F)c(F)c1. The summed E-state index contributed by atoms with van der Waals surface area (Å²) >= 11 is 0. The van der Waals surface area contributed by atoms with Crippen LogP contribution in [0.5, 0.6) is 0 Å². The molecule has 0 unspecified atom stereocenters. The van der Waals surface area contributed by atoms with Gasteiger partial charge in [0.15, 0.2) is 11.6 Å². The van der Waals surface area contributed by atoms with E-state index in [0.29, 0.717) is 5.69 Å². The lowest BCUT2D eigenvalue weighted by Crippen LogP contribution is -2.23. The van der Waals surface area contributed by atoms with Gasteiger partial charge in [0.25, 0.3) is 5.91 Å². The molecule has 1 amide bonds. The van der Waals surface area contributed by atoms with Gasteiger partial charge in [0.05, 0.1) is 12.2 Å². The van der Waals surface area contributed by atoms with Crippen molar-refractivity contribution in [2.24, 2.45) is 0 Å². The van der Waals surface area contributed by atoms with E-state index in [9.17, 15) is 13.6 Å². The molecular weight excluding hydrogens is 238 g/mol. The lowest BCUT2D eigenvalue weighted by Gasteiger charge is -2.05. The van der Waals surface area contributed by atoms with Gasteiger partial charge in [0, 0.05) is 11.8 Å². The van der Waals surface area contributed by atoms with Gasteiger partial charge >= 0.3 is 0 Å². The first kappa shape index (κ1) is 12.2. The second kappa shape index (κ2) is 5.35. The first-order chi connectivity index (χ1) is 8.66. The zero-order valence-corrected chi connectivity index (χ0v) is 9.36. The average molecular weight is 248 g/mol. The molecule has 92 valence electrons. The number of carbonyl (C=O) groups is 1. The zero-order valence-electron chi connectivity index (χ0n) is 9.36. The molecule has 1 aromatic carbocycles. The molecule has 2 aromatic rings. The van der Waals surface area contributed by atoms with Gasteiger partial charge in [-0.3, -0.25) is 9.78 Å². The Balaban J connectivity index is 2.02. The molecule has 0 aliphatic rings. The highest BCUT2D eigenvalue weighted by Crippen LogP contribution is 2.08. The van der Waals surface area contributed by atoms with Gasteiger partial charge < -0.3 is 5.32 Å². The summed E-state index contributed by atoms with van der Waals surface area (Å²) in [7, 11) is 0. The smallest absolute Gasteiger partial charge is 0.251 e. The van der Waals surface area contributed by atoms with Crippen molar-refractivity contribution in [1.82, 2.24) is 10.3 Å². The molecule has 3 nitrogen and oxygen atoms in total. The summed E-state index contributed by atoms with van der Waals surface area (Å²) in [4.78, 5) is 15.7. The number of aromatic nitrogens is 1. The van der Waals surface area contributed by atoms with Gasteiger partial charge in [-0.15, -0.1) is 0 Å². The van der Waals surface area contributed by atoms with Crippen LogP contribution in [0.1, 0.15) is 16.1 Å². The Morgan fingerprint density at radius 3 is 2.67 bits per heavy atom. The number of rotatable bonds is 3. The maximum Gasteiger partial charge on any atom is 0.251 e. The number of carbonyl (C=O) groups excluding carboxylic acids is 1. The van der Waals surface area contributed by atoms with Crippen LogP contribution in [0.2, 0.25) is 0 Å². The van der Waals surface area contributed by atoms with Crippen LogP contribution in [-0.4, -0.2) is 10.9 Å². The van der Waals surface area contributed by atoms with E-state index < -0.39 is 17.5 Å². The molecule has 0 radical (unpaired) electrons. The van der Waals surface area contributed by atoms with E-state index in [2.05, 4.69) is 10.3 Å². The Labute approximate surface area is 102 Å². The highest BCUT2D eigenvalue weighted by Gasteiger charge is 2.09. The van der Waals surface area contributed by atoms with E-state index in [1.54, 1.807) is 24.4 Å². The molecular formula is C13H10F2N2O.